The second-order valence-corrected chi connectivity index (χ2v) is 9.73. The number of likely N-dealkylation sites (tertiary alicyclic amines) is 1. The zero-order chi connectivity index (χ0) is 24.9. The molecule has 36 heavy (non-hydrogen) atoms. The van der Waals surface area contributed by atoms with Crippen LogP contribution < -0.4 is 10.2 Å². The second-order valence-electron chi connectivity index (χ2n) is 9.73. The second kappa shape index (κ2) is 8.48. The van der Waals surface area contributed by atoms with Crippen LogP contribution in [0.15, 0.2) is 82.0 Å². The maximum absolute atomic E-state index is 13.2. The maximum Gasteiger partial charge on any atom is 0.253 e. The normalized spacial score (nSPS) is 16.6. The van der Waals surface area contributed by atoms with Crippen LogP contribution in [0.5, 0.6) is 5.75 Å². The Morgan fingerprint density at radius 1 is 0.917 bits per heavy atom. The Labute approximate surface area is 208 Å². The van der Waals surface area contributed by atoms with Gasteiger partial charge in [-0.05, 0) is 43.3 Å². The molecule has 2 aliphatic heterocycles. The number of amides is 1. The highest BCUT2D eigenvalue weighted by Crippen LogP contribution is 2.39. The van der Waals surface area contributed by atoms with E-state index >= 15 is 0 Å². The number of fused-ring (bicyclic) bond motifs is 2. The van der Waals surface area contributed by atoms with Gasteiger partial charge in [0.05, 0.1) is 17.4 Å². The van der Waals surface area contributed by atoms with E-state index in [0.717, 1.165) is 11.1 Å². The molecule has 1 amide bonds. The van der Waals surface area contributed by atoms with Crippen molar-refractivity contribution >= 4 is 22.7 Å². The van der Waals surface area contributed by atoms with Gasteiger partial charge >= 0.3 is 0 Å². The molecule has 0 saturated carbocycles. The van der Waals surface area contributed by atoms with E-state index in [4.69, 9.17) is 9.15 Å². The number of benzene rings is 3. The van der Waals surface area contributed by atoms with Crippen LogP contribution in [-0.2, 0) is 0 Å². The standard InChI is InChI=1S/C30H25NO5/c1-19-6-11-26-23(16-19)24(32)17-28(35-26)20-7-9-21(10-8-20)29(34)31-14-12-30(13-15-31)18-25(33)22-4-2-3-5-27(22)36-30/h2-11,16-17H,12-15,18H2,1H3. The molecular formula is C30H25NO5. The van der Waals surface area contributed by atoms with Gasteiger partial charge in [-0.2, -0.15) is 0 Å². The summed E-state index contributed by atoms with van der Waals surface area (Å²) < 4.78 is 12.2. The van der Waals surface area contributed by atoms with Crippen LogP contribution in [0.3, 0.4) is 0 Å². The number of ketones is 1. The fourth-order valence-electron chi connectivity index (χ4n) is 5.21. The molecule has 6 heteroatoms. The van der Waals surface area contributed by atoms with Crippen molar-refractivity contribution in [3.05, 3.63) is 99.7 Å². The number of aryl methyl sites for hydroxylation is 1. The molecule has 0 N–H and O–H groups in total. The molecule has 0 unspecified atom stereocenters. The molecule has 4 aromatic rings. The first-order valence-electron chi connectivity index (χ1n) is 12.2. The summed E-state index contributed by atoms with van der Waals surface area (Å²) in [6.07, 6.45) is 1.56. The van der Waals surface area contributed by atoms with E-state index < -0.39 is 5.60 Å². The monoisotopic (exact) mass is 479 g/mol. The fourth-order valence-corrected chi connectivity index (χ4v) is 5.21. The maximum atomic E-state index is 13.2. The van der Waals surface area contributed by atoms with Crippen molar-refractivity contribution in [1.29, 1.82) is 0 Å². The minimum absolute atomic E-state index is 0.0608. The molecule has 1 fully saturated rings. The highest BCUT2D eigenvalue weighted by atomic mass is 16.5. The molecule has 0 radical (unpaired) electrons. The van der Waals surface area contributed by atoms with E-state index in [1.807, 2.05) is 42.2 Å². The third-order valence-corrected chi connectivity index (χ3v) is 7.26. The summed E-state index contributed by atoms with van der Waals surface area (Å²) >= 11 is 0. The highest BCUT2D eigenvalue weighted by Gasteiger charge is 2.43. The number of rotatable bonds is 2. The molecule has 3 heterocycles. The summed E-state index contributed by atoms with van der Waals surface area (Å²) in [5.41, 5.74) is 2.84. The molecule has 0 bridgehead atoms. The molecule has 0 aliphatic carbocycles. The van der Waals surface area contributed by atoms with Crippen molar-refractivity contribution in [3.8, 4) is 17.1 Å². The zero-order valence-corrected chi connectivity index (χ0v) is 20.0. The molecule has 180 valence electrons. The molecule has 2 aliphatic rings. The van der Waals surface area contributed by atoms with Gasteiger partial charge in [0, 0.05) is 43.1 Å². The molecule has 3 aromatic carbocycles. The number of carbonyl (C=O) groups is 2. The van der Waals surface area contributed by atoms with E-state index in [1.54, 1.807) is 36.4 Å². The molecule has 6 rings (SSSR count). The van der Waals surface area contributed by atoms with E-state index in [2.05, 4.69) is 0 Å². The number of hydrogen-bond donors (Lipinski definition) is 0. The third-order valence-electron chi connectivity index (χ3n) is 7.26. The molecule has 0 atom stereocenters. The summed E-state index contributed by atoms with van der Waals surface area (Å²) in [5.74, 6) is 1.14. The van der Waals surface area contributed by atoms with Crippen LogP contribution in [-0.4, -0.2) is 35.3 Å². The Balaban J connectivity index is 1.17. The van der Waals surface area contributed by atoms with Crippen LogP contribution in [0.25, 0.3) is 22.3 Å². The van der Waals surface area contributed by atoms with E-state index in [0.29, 0.717) is 66.0 Å². The van der Waals surface area contributed by atoms with Crippen molar-refractivity contribution in [2.24, 2.45) is 0 Å². The van der Waals surface area contributed by atoms with Gasteiger partial charge in [0.1, 0.15) is 22.7 Å². The fraction of sp³-hybridized carbons (Fsp3) is 0.233. The van der Waals surface area contributed by atoms with Crippen LogP contribution in [0.4, 0.5) is 0 Å². The van der Waals surface area contributed by atoms with Crippen LogP contribution in [0.1, 0.15) is 45.5 Å². The first kappa shape index (κ1) is 22.3. The zero-order valence-electron chi connectivity index (χ0n) is 20.0. The Morgan fingerprint density at radius 2 is 1.67 bits per heavy atom. The van der Waals surface area contributed by atoms with Crippen LogP contribution in [0.2, 0.25) is 0 Å². The van der Waals surface area contributed by atoms with Gasteiger partial charge in [-0.25, -0.2) is 0 Å². The Morgan fingerprint density at radius 3 is 2.44 bits per heavy atom. The van der Waals surface area contributed by atoms with Gasteiger partial charge in [-0.3, -0.25) is 14.4 Å². The average molecular weight is 480 g/mol. The van der Waals surface area contributed by atoms with Gasteiger partial charge in [0.25, 0.3) is 5.91 Å². The summed E-state index contributed by atoms with van der Waals surface area (Å²) in [5, 5.41) is 0.556. The lowest BCUT2D eigenvalue weighted by molar-refractivity contribution is -0.00570. The molecule has 1 aromatic heterocycles. The van der Waals surface area contributed by atoms with Crippen molar-refractivity contribution in [3.63, 3.8) is 0 Å². The smallest absolute Gasteiger partial charge is 0.253 e. The molecule has 1 saturated heterocycles. The van der Waals surface area contributed by atoms with Gasteiger partial charge in [-0.15, -0.1) is 0 Å². The van der Waals surface area contributed by atoms with Gasteiger partial charge in [0.2, 0.25) is 0 Å². The number of nitrogens with zero attached hydrogens (tertiary/aromatic N) is 1. The average Bonchev–Trinajstić information content (AvgIpc) is 2.89. The SMILES string of the molecule is Cc1ccc2oc(-c3ccc(C(=O)N4CCC5(CC4)CC(=O)c4ccccc4O5)cc3)cc(=O)c2c1. The summed E-state index contributed by atoms with van der Waals surface area (Å²) in [6, 6.07) is 21.5. The number of para-hydroxylation sites is 1. The van der Waals surface area contributed by atoms with E-state index in [-0.39, 0.29) is 17.1 Å². The van der Waals surface area contributed by atoms with Crippen molar-refractivity contribution in [1.82, 2.24) is 4.90 Å². The lowest BCUT2D eigenvalue weighted by atomic mass is 9.82. The highest BCUT2D eigenvalue weighted by molar-refractivity contribution is 6.00. The number of hydrogen-bond acceptors (Lipinski definition) is 5. The lowest BCUT2D eigenvalue weighted by Crippen LogP contribution is -2.52. The van der Waals surface area contributed by atoms with Gasteiger partial charge in [-0.1, -0.05) is 35.9 Å². The molecule has 6 nitrogen and oxygen atoms in total. The Hall–Kier alpha value is -4.19. The predicted octanol–water partition coefficient (Wildman–Crippen LogP) is 5.41. The topological polar surface area (TPSA) is 76.8 Å². The number of piperidine rings is 1. The van der Waals surface area contributed by atoms with Gasteiger partial charge in [0.15, 0.2) is 11.2 Å². The number of ether oxygens (including phenoxy) is 1. The summed E-state index contributed by atoms with van der Waals surface area (Å²) in [4.78, 5) is 40.2. The largest absolute Gasteiger partial charge is 0.486 e. The first-order chi connectivity index (χ1) is 17.4. The Bertz CT molecular complexity index is 1560. The predicted molar refractivity (Wildman–Crippen MR) is 137 cm³/mol. The summed E-state index contributed by atoms with van der Waals surface area (Å²) in [6.45, 7) is 2.98. The van der Waals surface area contributed by atoms with E-state index in [9.17, 15) is 14.4 Å². The lowest BCUT2D eigenvalue weighted by Gasteiger charge is -2.44. The van der Waals surface area contributed by atoms with Crippen molar-refractivity contribution < 1.29 is 18.7 Å². The minimum atomic E-state index is -0.543. The Kier molecular flexibility index (Phi) is 5.25. The van der Waals surface area contributed by atoms with Crippen molar-refractivity contribution in [2.45, 2.75) is 31.8 Å². The van der Waals surface area contributed by atoms with Crippen LogP contribution in [0, 0.1) is 6.92 Å². The third kappa shape index (κ3) is 3.88. The quantitative estimate of drug-likeness (QED) is 0.384. The minimum Gasteiger partial charge on any atom is -0.486 e. The number of carbonyl (C=O) groups excluding carboxylic acids is 2. The summed E-state index contributed by atoms with van der Waals surface area (Å²) in [7, 11) is 0. The van der Waals surface area contributed by atoms with Gasteiger partial charge < -0.3 is 14.1 Å². The first-order valence-corrected chi connectivity index (χ1v) is 12.2. The molecular weight excluding hydrogens is 454 g/mol. The van der Waals surface area contributed by atoms with E-state index in [1.165, 1.54) is 6.07 Å². The van der Waals surface area contributed by atoms with Crippen LogP contribution >= 0.6 is 0 Å². The van der Waals surface area contributed by atoms with Crippen molar-refractivity contribution in [2.75, 3.05) is 13.1 Å². The number of Topliss-reactive ketones (excluding diaryl/α,β-unsaturated/α-hetero) is 1. The molecule has 1 spiro atoms.